The van der Waals surface area contributed by atoms with Gasteiger partial charge in [0.1, 0.15) is 30.1 Å². The molecule has 0 aliphatic heterocycles. The number of aryl methyl sites for hydroxylation is 2. The Hall–Kier alpha value is -4.70. The van der Waals surface area contributed by atoms with Crippen molar-refractivity contribution in [3.05, 3.63) is 54.2 Å². The molecule has 0 unspecified atom stereocenters. The molecular weight excluding hydrogens is 456 g/mol. The molecule has 4 heterocycles. The van der Waals surface area contributed by atoms with Crippen molar-refractivity contribution in [2.75, 3.05) is 11.9 Å². The van der Waals surface area contributed by atoms with Gasteiger partial charge in [-0.25, -0.2) is 19.5 Å². The van der Waals surface area contributed by atoms with E-state index in [0.29, 0.717) is 29.1 Å². The van der Waals surface area contributed by atoms with Gasteiger partial charge >= 0.3 is 0 Å². The largest absolute Gasteiger partial charge is 0.490 e. The standard InChI is InChI=1S/C26H26N8O2/c1-16-8-23(31-18(3)30-16)32-24-10-20-9-19(6-7-34(20)33-24)21-11-25(36-17(2)12-27)29-13-22(21)35-15-26(4,5)14-28/h6-11,13,17H,15H2,1-5H3,(H,30,31,32,33)/t17-/m1/s1. The van der Waals surface area contributed by atoms with E-state index in [4.69, 9.17) is 14.7 Å². The van der Waals surface area contributed by atoms with Crippen LogP contribution in [0, 0.1) is 41.9 Å². The molecule has 10 heteroatoms. The molecule has 0 amide bonds. The van der Waals surface area contributed by atoms with E-state index >= 15 is 0 Å². The Balaban J connectivity index is 1.69. The Morgan fingerprint density at radius 1 is 1.11 bits per heavy atom. The van der Waals surface area contributed by atoms with Crippen LogP contribution in [-0.2, 0) is 0 Å². The third kappa shape index (κ3) is 5.68. The van der Waals surface area contributed by atoms with Crippen LogP contribution in [0.25, 0.3) is 16.6 Å². The molecule has 4 rings (SSSR count). The van der Waals surface area contributed by atoms with Crippen molar-refractivity contribution in [2.45, 2.75) is 40.7 Å². The van der Waals surface area contributed by atoms with E-state index in [1.54, 1.807) is 37.5 Å². The minimum atomic E-state index is -0.671. The molecule has 182 valence electrons. The van der Waals surface area contributed by atoms with Crippen molar-refractivity contribution in [3.8, 4) is 34.9 Å². The van der Waals surface area contributed by atoms with Crippen LogP contribution in [-0.4, -0.2) is 37.3 Å². The predicted octanol–water partition coefficient (Wildman–Crippen LogP) is 4.77. The molecule has 0 radical (unpaired) electrons. The third-order valence-corrected chi connectivity index (χ3v) is 5.21. The van der Waals surface area contributed by atoms with Crippen molar-refractivity contribution >= 4 is 17.2 Å². The normalized spacial score (nSPS) is 12.0. The SMILES string of the molecule is Cc1cc(Nc2cc3cc(-c4cc(O[C@H](C)C#N)ncc4OCC(C)(C)C#N)ccn3n2)nc(C)n1. The van der Waals surface area contributed by atoms with Crippen LogP contribution in [0.4, 0.5) is 11.6 Å². The molecule has 4 aromatic heterocycles. The number of rotatable bonds is 8. The highest BCUT2D eigenvalue weighted by Gasteiger charge is 2.20. The molecule has 4 aromatic rings. The van der Waals surface area contributed by atoms with Gasteiger partial charge in [-0.3, -0.25) is 0 Å². The van der Waals surface area contributed by atoms with Gasteiger partial charge in [0.05, 0.1) is 23.2 Å². The summed E-state index contributed by atoms with van der Waals surface area (Å²) in [7, 11) is 0. The highest BCUT2D eigenvalue weighted by molar-refractivity contribution is 5.75. The molecule has 0 aliphatic carbocycles. The summed E-state index contributed by atoms with van der Waals surface area (Å²) >= 11 is 0. The maximum atomic E-state index is 9.37. The molecule has 0 saturated carbocycles. The maximum Gasteiger partial charge on any atom is 0.215 e. The fourth-order valence-electron chi connectivity index (χ4n) is 3.46. The number of fused-ring (bicyclic) bond motifs is 1. The first-order chi connectivity index (χ1) is 17.2. The highest BCUT2D eigenvalue weighted by Crippen LogP contribution is 2.34. The van der Waals surface area contributed by atoms with E-state index in [1.165, 1.54) is 0 Å². The van der Waals surface area contributed by atoms with Crippen molar-refractivity contribution in [2.24, 2.45) is 5.41 Å². The fourth-order valence-corrected chi connectivity index (χ4v) is 3.46. The summed E-state index contributed by atoms with van der Waals surface area (Å²) in [5.74, 6) is 2.79. The van der Waals surface area contributed by atoms with E-state index in [-0.39, 0.29) is 6.61 Å². The average Bonchev–Trinajstić information content (AvgIpc) is 3.23. The van der Waals surface area contributed by atoms with Crippen molar-refractivity contribution in [1.82, 2.24) is 24.6 Å². The van der Waals surface area contributed by atoms with Crippen LogP contribution in [0.15, 0.2) is 42.7 Å². The molecule has 0 bridgehead atoms. The first-order valence-corrected chi connectivity index (χ1v) is 11.4. The van der Waals surface area contributed by atoms with Crippen molar-refractivity contribution < 1.29 is 9.47 Å². The van der Waals surface area contributed by atoms with Gasteiger partial charge in [0.2, 0.25) is 5.88 Å². The third-order valence-electron chi connectivity index (χ3n) is 5.21. The monoisotopic (exact) mass is 482 g/mol. The average molecular weight is 483 g/mol. The number of pyridine rings is 2. The summed E-state index contributed by atoms with van der Waals surface area (Å²) in [6.45, 7) is 9.20. The highest BCUT2D eigenvalue weighted by atomic mass is 16.5. The number of hydrogen-bond donors (Lipinski definition) is 1. The van der Waals surface area contributed by atoms with Gasteiger partial charge in [-0.1, -0.05) is 0 Å². The van der Waals surface area contributed by atoms with Crippen molar-refractivity contribution in [3.63, 3.8) is 0 Å². The maximum absolute atomic E-state index is 9.37. The zero-order valence-corrected chi connectivity index (χ0v) is 20.8. The Bertz CT molecular complexity index is 1480. The number of nitrogens with zero attached hydrogens (tertiary/aromatic N) is 7. The van der Waals surface area contributed by atoms with Gasteiger partial charge in [-0.2, -0.15) is 15.6 Å². The molecule has 0 aromatic carbocycles. The van der Waals surface area contributed by atoms with Crippen LogP contribution in [0.2, 0.25) is 0 Å². The molecule has 1 N–H and O–H groups in total. The van der Waals surface area contributed by atoms with Crippen molar-refractivity contribution in [1.29, 1.82) is 10.5 Å². The van der Waals surface area contributed by atoms with Crippen LogP contribution in [0.5, 0.6) is 11.6 Å². The van der Waals surface area contributed by atoms with Gasteiger partial charge < -0.3 is 14.8 Å². The van der Waals surface area contributed by atoms with E-state index in [1.807, 2.05) is 50.4 Å². The Labute approximate surface area is 209 Å². The van der Waals surface area contributed by atoms with E-state index in [9.17, 15) is 5.26 Å². The summed E-state index contributed by atoms with van der Waals surface area (Å²) < 4.78 is 13.4. The number of nitriles is 2. The number of ether oxygens (including phenoxy) is 2. The second-order valence-corrected chi connectivity index (χ2v) is 9.07. The van der Waals surface area contributed by atoms with Crippen LogP contribution in [0.1, 0.15) is 32.3 Å². The van der Waals surface area contributed by atoms with E-state index in [2.05, 4.69) is 31.4 Å². The zero-order valence-electron chi connectivity index (χ0n) is 20.8. The first kappa shape index (κ1) is 24.4. The molecule has 36 heavy (non-hydrogen) atoms. The van der Waals surface area contributed by atoms with E-state index < -0.39 is 11.5 Å². The molecule has 1 atom stereocenters. The van der Waals surface area contributed by atoms with Gasteiger partial charge in [-0.05, 0) is 52.3 Å². The Morgan fingerprint density at radius 3 is 2.64 bits per heavy atom. The summed E-state index contributed by atoms with van der Waals surface area (Å²) in [6.07, 6.45) is 2.73. The number of anilines is 2. The fraction of sp³-hybridized carbons (Fsp3) is 0.308. The molecule has 0 aliphatic rings. The lowest BCUT2D eigenvalue weighted by molar-refractivity contribution is 0.225. The topological polar surface area (TPSA) is 134 Å². The summed E-state index contributed by atoms with van der Waals surface area (Å²) in [5.41, 5.74) is 2.59. The lowest BCUT2D eigenvalue weighted by atomic mass is 9.97. The lowest BCUT2D eigenvalue weighted by Crippen LogP contribution is -2.19. The zero-order chi connectivity index (χ0) is 25.9. The second kappa shape index (κ2) is 9.88. The minimum Gasteiger partial charge on any atom is -0.490 e. The van der Waals surface area contributed by atoms with E-state index in [0.717, 1.165) is 22.3 Å². The number of aromatic nitrogens is 5. The van der Waals surface area contributed by atoms with Gasteiger partial charge in [0.15, 0.2) is 11.9 Å². The smallest absolute Gasteiger partial charge is 0.215 e. The molecule has 10 nitrogen and oxygen atoms in total. The van der Waals surface area contributed by atoms with Gasteiger partial charge in [0, 0.05) is 35.7 Å². The second-order valence-electron chi connectivity index (χ2n) is 9.07. The number of nitrogens with one attached hydrogen (secondary N) is 1. The number of hydrogen-bond acceptors (Lipinski definition) is 9. The van der Waals surface area contributed by atoms with Gasteiger partial charge in [-0.15, -0.1) is 0 Å². The summed E-state index contributed by atoms with van der Waals surface area (Å²) in [4.78, 5) is 13.0. The summed E-state index contributed by atoms with van der Waals surface area (Å²) in [6, 6.07) is 13.6. The Kier molecular flexibility index (Phi) is 6.71. The van der Waals surface area contributed by atoms with Crippen LogP contribution >= 0.6 is 0 Å². The van der Waals surface area contributed by atoms with Crippen LogP contribution < -0.4 is 14.8 Å². The molecule has 0 saturated heterocycles. The predicted molar refractivity (Wildman–Crippen MR) is 134 cm³/mol. The first-order valence-electron chi connectivity index (χ1n) is 11.4. The Morgan fingerprint density at radius 2 is 1.92 bits per heavy atom. The molecule has 0 spiro atoms. The quantitative estimate of drug-likeness (QED) is 0.377. The lowest BCUT2D eigenvalue weighted by Gasteiger charge is -2.19. The minimum absolute atomic E-state index is 0.188. The summed E-state index contributed by atoms with van der Waals surface area (Å²) in [5, 5.41) is 26.3. The molecule has 0 fully saturated rings. The van der Waals surface area contributed by atoms with Crippen LogP contribution in [0.3, 0.4) is 0 Å². The molecular formula is C26H26N8O2. The van der Waals surface area contributed by atoms with Gasteiger partial charge in [0.25, 0.3) is 0 Å².